The second-order valence-corrected chi connectivity index (χ2v) is 5.55. The van der Waals surface area contributed by atoms with Gasteiger partial charge in [-0.2, -0.15) is 0 Å². The fourth-order valence-corrected chi connectivity index (χ4v) is 2.32. The standard InChI is InChI=1S/C13H25N3O2/c1-8(2)5-11(13(18)14-4)16-12(17)10-7-15-6-9(10)3/h8-11,15H,5-7H2,1-4H3,(H,14,18)(H,16,17). The van der Waals surface area contributed by atoms with Crippen LogP contribution in [0.5, 0.6) is 0 Å². The third kappa shape index (κ3) is 3.98. The Balaban J connectivity index is 2.59. The fourth-order valence-electron chi connectivity index (χ4n) is 2.32. The van der Waals surface area contributed by atoms with Crippen LogP contribution in [0.1, 0.15) is 27.2 Å². The van der Waals surface area contributed by atoms with Crippen LogP contribution in [0.3, 0.4) is 0 Å². The minimum absolute atomic E-state index is 0.0123. The van der Waals surface area contributed by atoms with Crippen LogP contribution in [0.15, 0.2) is 0 Å². The molecule has 0 saturated carbocycles. The third-order valence-corrected chi connectivity index (χ3v) is 3.44. The van der Waals surface area contributed by atoms with E-state index in [1.54, 1.807) is 7.05 Å². The maximum atomic E-state index is 12.1. The van der Waals surface area contributed by atoms with Gasteiger partial charge in [-0.15, -0.1) is 0 Å². The van der Waals surface area contributed by atoms with Gasteiger partial charge in [0.1, 0.15) is 6.04 Å². The van der Waals surface area contributed by atoms with Crippen LogP contribution in [-0.2, 0) is 9.59 Å². The summed E-state index contributed by atoms with van der Waals surface area (Å²) in [4.78, 5) is 23.9. The van der Waals surface area contributed by atoms with Crippen molar-refractivity contribution >= 4 is 11.8 Å². The molecular formula is C13H25N3O2. The van der Waals surface area contributed by atoms with E-state index in [-0.39, 0.29) is 17.7 Å². The summed E-state index contributed by atoms with van der Waals surface area (Å²) in [6.45, 7) is 7.72. The van der Waals surface area contributed by atoms with Crippen LogP contribution in [0.25, 0.3) is 0 Å². The van der Waals surface area contributed by atoms with Gasteiger partial charge in [-0.1, -0.05) is 20.8 Å². The van der Waals surface area contributed by atoms with E-state index in [2.05, 4.69) is 22.9 Å². The Bertz CT molecular complexity index is 305. The Kier molecular flexibility index (Phi) is 5.59. The van der Waals surface area contributed by atoms with Crippen LogP contribution >= 0.6 is 0 Å². The molecule has 1 aliphatic rings. The van der Waals surface area contributed by atoms with Crippen molar-refractivity contribution in [2.75, 3.05) is 20.1 Å². The molecule has 0 aromatic heterocycles. The zero-order valence-electron chi connectivity index (χ0n) is 11.7. The monoisotopic (exact) mass is 255 g/mol. The molecule has 0 aromatic rings. The van der Waals surface area contributed by atoms with Gasteiger partial charge in [0.2, 0.25) is 11.8 Å². The van der Waals surface area contributed by atoms with Gasteiger partial charge in [-0.05, 0) is 24.8 Å². The summed E-state index contributed by atoms with van der Waals surface area (Å²) in [5.41, 5.74) is 0. The average Bonchev–Trinajstić information content (AvgIpc) is 2.73. The highest BCUT2D eigenvalue weighted by Gasteiger charge is 2.32. The lowest BCUT2D eigenvalue weighted by Crippen LogP contribution is -2.49. The lowest BCUT2D eigenvalue weighted by atomic mass is 9.96. The molecule has 0 radical (unpaired) electrons. The quantitative estimate of drug-likeness (QED) is 0.653. The van der Waals surface area contributed by atoms with Crippen molar-refractivity contribution in [1.29, 1.82) is 0 Å². The highest BCUT2D eigenvalue weighted by Crippen LogP contribution is 2.16. The van der Waals surface area contributed by atoms with Gasteiger partial charge in [0.15, 0.2) is 0 Å². The molecule has 5 heteroatoms. The predicted molar refractivity (Wildman–Crippen MR) is 71.0 cm³/mol. The molecule has 0 bridgehead atoms. The smallest absolute Gasteiger partial charge is 0.242 e. The van der Waals surface area contributed by atoms with Crippen molar-refractivity contribution in [2.24, 2.45) is 17.8 Å². The number of amides is 2. The largest absolute Gasteiger partial charge is 0.357 e. The molecule has 0 aliphatic carbocycles. The van der Waals surface area contributed by atoms with Crippen LogP contribution < -0.4 is 16.0 Å². The Morgan fingerprint density at radius 3 is 2.44 bits per heavy atom. The molecule has 18 heavy (non-hydrogen) atoms. The van der Waals surface area contributed by atoms with E-state index in [1.165, 1.54) is 0 Å². The van der Waals surface area contributed by atoms with Crippen LogP contribution in [0, 0.1) is 17.8 Å². The molecule has 1 heterocycles. The zero-order valence-corrected chi connectivity index (χ0v) is 11.7. The minimum atomic E-state index is -0.421. The number of rotatable bonds is 5. The Hall–Kier alpha value is -1.10. The van der Waals surface area contributed by atoms with E-state index in [9.17, 15) is 9.59 Å². The SMILES string of the molecule is CNC(=O)C(CC(C)C)NC(=O)C1CNCC1C. The fraction of sp³-hybridized carbons (Fsp3) is 0.846. The second-order valence-electron chi connectivity index (χ2n) is 5.55. The van der Waals surface area contributed by atoms with E-state index < -0.39 is 6.04 Å². The van der Waals surface area contributed by atoms with Gasteiger partial charge in [0.05, 0.1) is 5.92 Å². The predicted octanol–water partition coefficient (Wildman–Crippen LogP) is 0.119. The first-order valence-electron chi connectivity index (χ1n) is 6.68. The van der Waals surface area contributed by atoms with Gasteiger partial charge in [-0.25, -0.2) is 0 Å². The topological polar surface area (TPSA) is 70.2 Å². The van der Waals surface area contributed by atoms with Crippen LogP contribution in [0.4, 0.5) is 0 Å². The van der Waals surface area contributed by atoms with Gasteiger partial charge in [0.25, 0.3) is 0 Å². The molecule has 5 nitrogen and oxygen atoms in total. The van der Waals surface area contributed by atoms with Gasteiger partial charge in [0, 0.05) is 13.6 Å². The lowest BCUT2D eigenvalue weighted by molar-refractivity contribution is -0.131. The van der Waals surface area contributed by atoms with E-state index in [4.69, 9.17) is 0 Å². The number of likely N-dealkylation sites (N-methyl/N-ethyl adjacent to an activating group) is 1. The molecule has 1 saturated heterocycles. The molecule has 1 aliphatic heterocycles. The van der Waals surface area contributed by atoms with Gasteiger partial charge < -0.3 is 16.0 Å². The lowest BCUT2D eigenvalue weighted by Gasteiger charge is -2.22. The maximum Gasteiger partial charge on any atom is 0.242 e. The molecule has 1 rings (SSSR count). The van der Waals surface area contributed by atoms with Crippen LogP contribution in [-0.4, -0.2) is 38.0 Å². The van der Waals surface area contributed by atoms with Crippen molar-refractivity contribution < 1.29 is 9.59 Å². The summed E-state index contributed by atoms with van der Waals surface area (Å²) in [5, 5.41) is 8.69. The number of hydrogen-bond acceptors (Lipinski definition) is 3. The molecule has 1 fully saturated rings. The highest BCUT2D eigenvalue weighted by atomic mass is 16.2. The number of nitrogens with one attached hydrogen (secondary N) is 3. The molecule has 3 atom stereocenters. The summed E-state index contributed by atoms with van der Waals surface area (Å²) in [6.07, 6.45) is 0.667. The van der Waals surface area contributed by atoms with Gasteiger partial charge >= 0.3 is 0 Å². The molecule has 0 aromatic carbocycles. The van der Waals surface area contributed by atoms with Crippen molar-refractivity contribution in [3.63, 3.8) is 0 Å². The summed E-state index contributed by atoms with van der Waals surface area (Å²) in [6, 6.07) is -0.421. The van der Waals surface area contributed by atoms with E-state index in [1.807, 2.05) is 13.8 Å². The second kappa shape index (κ2) is 6.73. The highest BCUT2D eigenvalue weighted by molar-refractivity contribution is 5.88. The number of carbonyl (C=O) groups is 2. The Labute approximate surface area is 109 Å². The molecule has 2 amide bonds. The number of hydrogen-bond donors (Lipinski definition) is 3. The molecular weight excluding hydrogens is 230 g/mol. The summed E-state index contributed by atoms with van der Waals surface area (Å²) < 4.78 is 0. The molecule has 3 N–H and O–H groups in total. The van der Waals surface area contributed by atoms with Crippen molar-refractivity contribution in [3.05, 3.63) is 0 Å². The van der Waals surface area contributed by atoms with E-state index in [0.29, 0.717) is 24.8 Å². The molecule has 104 valence electrons. The van der Waals surface area contributed by atoms with Crippen LogP contribution in [0.2, 0.25) is 0 Å². The normalized spacial score (nSPS) is 24.9. The Morgan fingerprint density at radius 1 is 1.33 bits per heavy atom. The van der Waals surface area contributed by atoms with Crippen molar-refractivity contribution in [1.82, 2.24) is 16.0 Å². The molecule has 3 unspecified atom stereocenters. The maximum absolute atomic E-state index is 12.1. The Morgan fingerprint density at radius 2 is 2.00 bits per heavy atom. The van der Waals surface area contributed by atoms with Crippen molar-refractivity contribution in [2.45, 2.75) is 33.2 Å². The zero-order chi connectivity index (χ0) is 13.7. The summed E-state index contributed by atoms with van der Waals surface area (Å²) >= 11 is 0. The summed E-state index contributed by atoms with van der Waals surface area (Å²) in [7, 11) is 1.60. The number of carbonyl (C=O) groups excluding carboxylic acids is 2. The van der Waals surface area contributed by atoms with E-state index in [0.717, 1.165) is 6.54 Å². The minimum Gasteiger partial charge on any atom is -0.357 e. The van der Waals surface area contributed by atoms with E-state index >= 15 is 0 Å². The average molecular weight is 255 g/mol. The van der Waals surface area contributed by atoms with Crippen molar-refractivity contribution in [3.8, 4) is 0 Å². The first-order chi connectivity index (χ1) is 8.45. The third-order valence-electron chi connectivity index (χ3n) is 3.44. The first kappa shape index (κ1) is 15.0. The first-order valence-corrected chi connectivity index (χ1v) is 6.68. The summed E-state index contributed by atoms with van der Waals surface area (Å²) in [5.74, 6) is 0.544. The van der Waals surface area contributed by atoms with Gasteiger partial charge in [-0.3, -0.25) is 9.59 Å². The molecule has 0 spiro atoms.